The largest absolute Gasteiger partial charge is 0.478 e. The number of hydrogen-bond acceptors (Lipinski definition) is 3. The molecule has 110 valence electrons. The Balaban J connectivity index is 2.83. The molecular weight excluding hydrogens is 270 g/mol. The Morgan fingerprint density at radius 1 is 1.30 bits per heavy atom. The van der Waals surface area contributed by atoms with Crippen LogP contribution in [0.15, 0.2) is 12.1 Å². The summed E-state index contributed by atoms with van der Waals surface area (Å²) in [6.45, 7) is 3.77. The van der Waals surface area contributed by atoms with Crippen molar-refractivity contribution in [1.82, 2.24) is 5.32 Å². The molecule has 0 aliphatic rings. The van der Waals surface area contributed by atoms with Crippen molar-refractivity contribution in [3.05, 3.63) is 29.3 Å². The zero-order valence-corrected chi connectivity index (χ0v) is 11.2. The van der Waals surface area contributed by atoms with Crippen LogP contribution in [0.5, 0.6) is 0 Å². The summed E-state index contributed by atoms with van der Waals surface area (Å²) in [6.07, 6.45) is 0.818. The zero-order valence-electron chi connectivity index (χ0n) is 11.2. The van der Waals surface area contributed by atoms with E-state index >= 15 is 0 Å². The molecule has 1 rings (SSSR count). The molecule has 0 aromatic heterocycles. The van der Waals surface area contributed by atoms with Crippen LogP contribution < -0.4 is 10.6 Å². The monoisotopic (exact) mass is 286 g/mol. The topological polar surface area (TPSA) is 78.4 Å². The van der Waals surface area contributed by atoms with Gasteiger partial charge in [0, 0.05) is 12.1 Å². The first-order valence-corrected chi connectivity index (χ1v) is 6.10. The number of benzene rings is 1. The molecule has 3 N–H and O–H groups in total. The molecule has 0 spiro atoms. The van der Waals surface area contributed by atoms with Gasteiger partial charge in [-0.1, -0.05) is 6.92 Å². The maximum Gasteiger partial charge on any atom is 0.337 e. The van der Waals surface area contributed by atoms with Gasteiger partial charge >= 0.3 is 5.97 Å². The van der Waals surface area contributed by atoms with Crippen LogP contribution in [0.2, 0.25) is 0 Å². The van der Waals surface area contributed by atoms with Gasteiger partial charge in [-0.05, 0) is 19.4 Å². The first-order chi connectivity index (χ1) is 9.35. The summed E-state index contributed by atoms with van der Waals surface area (Å²) in [7, 11) is 0. The van der Waals surface area contributed by atoms with Crippen LogP contribution in [0, 0.1) is 11.6 Å². The minimum Gasteiger partial charge on any atom is -0.478 e. The van der Waals surface area contributed by atoms with Crippen molar-refractivity contribution in [2.45, 2.75) is 26.3 Å². The van der Waals surface area contributed by atoms with Gasteiger partial charge in [0.1, 0.15) is 0 Å². The van der Waals surface area contributed by atoms with E-state index in [0.717, 1.165) is 6.42 Å². The highest BCUT2D eigenvalue weighted by Gasteiger charge is 2.17. The van der Waals surface area contributed by atoms with Crippen LogP contribution in [0.25, 0.3) is 0 Å². The van der Waals surface area contributed by atoms with E-state index in [0.29, 0.717) is 12.1 Å². The number of amides is 1. The standard InChI is InChI=1S/C13H16F2N2O3/c1-3-7(2)16-6-12(18)17-11-5-10(15)9(14)4-8(11)13(19)20/h4-5,7,16H,3,6H2,1-2H3,(H,17,18)(H,19,20). The first kappa shape index (κ1) is 16.0. The molecule has 1 atom stereocenters. The number of halogens is 2. The Morgan fingerprint density at radius 3 is 2.45 bits per heavy atom. The highest BCUT2D eigenvalue weighted by molar-refractivity contribution is 6.01. The molecule has 0 aliphatic heterocycles. The Kier molecular flexibility index (Phi) is 5.57. The summed E-state index contributed by atoms with van der Waals surface area (Å²) >= 11 is 0. The number of carboxylic acid groups (broad SMARTS) is 1. The minimum atomic E-state index is -1.45. The Morgan fingerprint density at radius 2 is 1.90 bits per heavy atom. The van der Waals surface area contributed by atoms with Crippen LogP contribution in [-0.2, 0) is 4.79 Å². The van der Waals surface area contributed by atoms with Gasteiger partial charge in [0.15, 0.2) is 11.6 Å². The number of hydrogen-bond donors (Lipinski definition) is 3. The summed E-state index contributed by atoms with van der Waals surface area (Å²) in [4.78, 5) is 22.5. The summed E-state index contributed by atoms with van der Waals surface area (Å²) in [5.41, 5.74) is -0.770. The highest BCUT2D eigenvalue weighted by Crippen LogP contribution is 2.20. The summed E-state index contributed by atoms with van der Waals surface area (Å²) in [6, 6.07) is 1.31. The van der Waals surface area contributed by atoms with Crippen molar-refractivity contribution in [1.29, 1.82) is 0 Å². The fraction of sp³-hybridized carbons (Fsp3) is 0.385. The summed E-state index contributed by atoms with van der Waals surface area (Å²) < 4.78 is 26.1. The van der Waals surface area contributed by atoms with Crippen LogP contribution in [-0.4, -0.2) is 29.6 Å². The fourth-order valence-corrected chi connectivity index (χ4v) is 1.43. The minimum absolute atomic E-state index is 0.0486. The maximum absolute atomic E-state index is 13.1. The Bertz CT molecular complexity index is 521. The van der Waals surface area contributed by atoms with E-state index in [-0.39, 0.29) is 18.3 Å². The van der Waals surface area contributed by atoms with E-state index in [2.05, 4.69) is 10.6 Å². The number of carbonyl (C=O) groups excluding carboxylic acids is 1. The van der Waals surface area contributed by atoms with Crippen molar-refractivity contribution in [3.63, 3.8) is 0 Å². The molecule has 0 radical (unpaired) electrons. The number of carbonyl (C=O) groups is 2. The van der Waals surface area contributed by atoms with Crippen molar-refractivity contribution < 1.29 is 23.5 Å². The van der Waals surface area contributed by atoms with E-state index < -0.39 is 29.1 Å². The SMILES string of the molecule is CCC(C)NCC(=O)Nc1cc(F)c(F)cc1C(=O)O. The lowest BCUT2D eigenvalue weighted by molar-refractivity contribution is -0.115. The molecule has 1 aromatic carbocycles. The van der Waals surface area contributed by atoms with Gasteiger partial charge in [0.2, 0.25) is 5.91 Å². The lowest BCUT2D eigenvalue weighted by atomic mass is 10.1. The molecule has 7 heteroatoms. The van der Waals surface area contributed by atoms with E-state index in [1.165, 1.54) is 0 Å². The van der Waals surface area contributed by atoms with Gasteiger partial charge in [0.25, 0.3) is 0 Å². The van der Waals surface area contributed by atoms with Gasteiger partial charge in [-0.3, -0.25) is 4.79 Å². The zero-order chi connectivity index (χ0) is 15.3. The average Bonchev–Trinajstić information content (AvgIpc) is 2.39. The lowest BCUT2D eigenvalue weighted by Crippen LogP contribution is -2.34. The second-order valence-corrected chi connectivity index (χ2v) is 4.36. The van der Waals surface area contributed by atoms with E-state index in [9.17, 15) is 18.4 Å². The molecule has 0 saturated carbocycles. The molecule has 1 amide bonds. The molecule has 0 heterocycles. The maximum atomic E-state index is 13.1. The predicted molar refractivity (Wildman–Crippen MR) is 69.7 cm³/mol. The van der Waals surface area contributed by atoms with Crippen molar-refractivity contribution in [3.8, 4) is 0 Å². The third kappa shape index (κ3) is 4.27. The molecule has 0 fully saturated rings. The second kappa shape index (κ2) is 6.95. The third-order valence-electron chi connectivity index (χ3n) is 2.79. The Hall–Kier alpha value is -2.02. The quantitative estimate of drug-likeness (QED) is 0.747. The van der Waals surface area contributed by atoms with Crippen LogP contribution in [0.1, 0.15) is 30.6 Å². The van der Waals surface area contributed by atoms with E-state index in [1.54, 1.807) is 0 Å². The number of aromatic carboxylic acids is 1. The van der Waals surface area contributed by atoms with Crippen molar-refractivity contribution in [2.24, 2.45) is 0 Å². The van der Waals surface area contributed by atoms with Gasteiger partial charge < -0.3 is 15.7 Å². The molecule has 20 heavy (non-hydrogen) atoms. The number of carboxylic acids is 1. The predicted octanol–water partition coefficient (Wildman–Crippen LogP) is 1.99. The highest BCUT2D eigenvalue weighted by atomic mass is 19.2. The molecular formula is C13H16F2N2O3. The molecule has 1 unspecified atom stereocenters. The van der Waals surface area contributed by atoms with Crippen LogP contribution >= 0.6 is 0 Å². The lowest BCUT2D eigenvalue weighted by Gasteiger charge is -2.12. The fourth-order valence-electron chi connectivity index (χ4n) is 1.43. The Labute approximate surface area is 115 Å². The van der Waals surface area contributed by atoms with Crippen molar-refractivity contribution >= 4 is 17.6 Å². The van der Waals surface area contributed by atoms with Gasteiger partial charge in [0.05, 0.1) is 17.8 Å². The number of rotatable bonds is 6. The average molecular weight is 286 g/mol. The second-order valence-electron chi connectivity index (χ2n) is 4.36. The van der Waals surface area contributed by atoms with Gasteiger partial charge in [-0.15, -0.1) is 0 Å². The van der Waals surface area contributed by atoms with Crippen LogP contribution in [0.3, 0.4) is 0 Å². The number of nitrogens with one attached hydrogen (secondary N) is 2. The molecule has 5 nitrogen and oxygen atoms in total. The van der Waals surface area contributed by atoms with E-state index in [4.69, 9.17) is 5.11 Å². The molecule has 0 saturated heterocycles. The van der Waals surface area contributed by atoms with Crippen molar-refractivity contribution in [2.75, 3.05) is 11.9 Å². The number of anilines is 1. The first-order valence-electron chi connectivity index (χ1n) is 6.10. The van der Waals surface area contributed by atoms with E-state index in [1.807, 2.05) is 13.8 Å². The third-order valence-corrected chi connectivity index (χ3v) is 2.79. The van der Waals surface area contributed by atoms with Gasteiger partial charge in [-0.25, -0.2) is 13.6 Å². The summed E-state index contributed by atoms with van der Waals surface area (Å²) in [5.74, 6) is -4.48. The van der Waals surface area contributed by atoms with Crippen LogP contribution in [0.4, 0.5) is 14.5 Å². The molecule has 0 bridgehead atoms. The van der Waals surface area contributed by atoms with Gasteiger partial charge in [-0.2, -0.15) is 0 Å². The molecule has 0 aliphatic carbocycles. The molecule has 1 aromatic rings. The summed E-state index contributed by atoms with van der Waals surface area (Å²) in [5, 5.41) is 14.0. The normalized spacial score (nSPS) is 12.0. The smallest absolute Gasteiger partial charge is 0.337 e.